The summed E-state index contributed by atoms with van der Waals surface area (Å²) < 4.78 is 2.10. The maximum atomic E-state index is 6.08. The van der Waals surface area contributed by atoms with Crippen LogP contribution in [0.3, 0.4) is 0 Å². The van der Waals surface area contributed by atoms with E-state index in [1.54, 1.807) is 0 Å². The minimum absolute atomic E-state index is 0.483. The van der Waals surface area contributed by atoms with Gasteiger partial charge in [0.2, 0.25) is 5.28 Å². The standard InChI is InChI=1S/C11H18ClN3/c1-7-5-4-6-10(8(7)2)15-9(3)13-14-11(15)12/h7-8,10H,4-6H2,1-3H3. The number of hydrogen-bond donors (Lipinski definition) is 0. The number of rotatable bonds is 1. The Morgan fingerprint density at radius 3 is 2.60 bits per heavy atom. The summed E-state index contributed by atoms with van der Waals surface area (Å²) >= 11 is 6.08. The molecule has 0 aliphatic heterocycles. The first kappa shape index (κ1) is 10.9. The molecule has 1 aliphatic rings. The fourth-order valence-electron chi connectivity index (χ4n) is 2.64. The Morgan fingerprint density at radius 1 is 1.27 bits per heavy atom. The van der Waals surface area contributed by atoms with Crippen LogP contribution < -0.4 is 0 Å². The minimum Gasteiger partial charge on any atom is -0.299 e. The van der Waals surface area contributed by atoms with Crippen molar-refractivity contribution in [2.24, 2.45) is 11.8 Å². The molecule has 3 atom stereocenters. The highest BCUT2D eigenvalue weighted by molar-refractivity contribution is 6.28. The van der Waals surface area contributed by atoms with E-state index in [4.69, 9.17) is 11.6 Å². The van der Waals surface area contributed by atoms with E-state index in [9.17, 15) is 0 Å². The van der Waals surface area contributed by atoms with Crippen LogP contribution in [0.2, 0.25) is 5.28 Å². The molecule has 1 saturated carbocycles. The highest BCUT2D eigenvalue weighted by Crippen LogP contribution is 2.39. The number of halogens is 1. The third kappa shape index (κ3) is 1.89. The molecule has 0 amide bonds. The van der Waals surface area contributed by atoms with Gasteiger partial charge in [0.1, 0.15) is 5.82 Å². The summed E-state index contributed by atoms with van der Waals surface area (Å²) in [6.07, 6.45) is 3.81. The monoisotopic (exact) mass is 227 g/mol. The number of nitrogens with zero attached hydrogens (tertiary/aromatic N) is 3. The topological polar surface area (TPSA) is 30.7 Å². The van der Waals surface area contributed by atoms with Crippen molar-refractivity contribution in [3.63, 3.8) is 0 Å². The minimum atomic E-state index is 0.483. The van der Waals surface area contributed by atoms with E-state index >= 15 is 0 Å². The Kier molecular flexibility index (Phi) is 3.01. The molecule has 2 rings (SSSR count). The summed E-state index contributed by atoms with van der Waals surface area (Å²) in [5, 5.41) is 8.50. The summed E-state index contributed by atoms with van der Waals surface area (Å²) in [4.78, 5) is 0. The van der Waals surface area contributed by atoms with E-state index in [2.05, 4.69) is 28.6 Å². The Balaban J connectivity index is 2.30. The predicted molar refractivity (Wildman–Crippen MR) is 61.0 cm³/mol. The molecular formula is C11H18ClN3. The summed E-state index contributed by atoms with van der Waals surface area (Å²) in [5.41, 5.74) is 0. The second-order valence-electron chi connectivity index (χ2n) is 4.72. The molecule has 3 nitrogen and oxygen atoms in total. The van der Waals surface area contributed by atoms with Gasteiger partial charge in [-0.3, -0.25) is 4.57 Å². The summed E-state index contributed by atoms with van der Waals surface area (Å²) in [7, 11) is 0. The van der Waals surface area contributed by atoms with E-state index in [1.165, 1.54) is 19.3 Å². The zero-order valence-corrected chi connectivity index (χ0v) is 10.3. The number of hydrogen-bond acceptors (Lipinski definition) is 2. The van der Waals surface area contributed by atoms with Crippen molar-refractivity contribution in [3.05, 3.63) is 11.1 Å². The van der Waals surface area contributed by atoms with Crippen molar-refractivity contribution < 1.29 is 0 Å². The van der Waals surface area contributed by atoms with Gasteiger partial charge in [0.25, 0.3) is 0 Å². The number of aryl methyl sites for hydroxylation is 1. The molecule has 0 bridgehead atoms. The molecule has 0 aromatic carbocycles. The Hall–Kier alpha value is -0.570. The molecule has 1 aliphatic carbocycles. The fraction of sp³-hybridized carbons (Fsp3) is 0.818. The van der Waals surface area contributed by atoms with Crippen molar-refractivity contribution in [1.29, 1.82) is 0 Å². The summed E-state index contributed by atoms with van der Waals surface area (Å²) in [6, 6.07) is 0.483. The molecule has 1 aromatic rings. The van der Waals surface area contributed by atoms with E-state index in [0.717, 1.165) is 11.7 Å². The summed E-state index contributed by atoms with van der Waals surface area (Å²) in [5.74, 6) is 2.36. The Labute approximate surface area is 95.8 Å². The molecule has 1 fully saturated rings. The van der Waals surface area contributed by atoms with Crippen molar-refractivity contribution in [1.82, 2.24) is 14.8 Å². The lowest BCUT2D eigenvalue weighted by atomic mass is 9.78. The van der Waals surface area contributed by atoms with Crippen LogP contribution >= 0.6 is 11.6 Å². The second kappa shape index (κ2) is 4.12. The lowest BCUT2D eigenvalue weighted by Crippen LogP contribution is -2.27. The van der Waals surface area contributed by atoms with Crippen LogP contribution in [0.5, 0.6) is 0 Å². The molecule has 84 valence electrons. The van der Waals surface area contributed by atoms with Gasteiger partial charge in [0, 0.05) is 6.04 Å². The SMILES string of the molecule is Cc1nnc(Cl)n1C1CCCC(C)C1C. The lowest BCUT2D eigenvalue weighted by molar-refractivity contribution is 0.184. The van der Waals surface area contributed by atoms with Crippen LogP contribution in [0.4, 0.5) is 0 Å². The van der Waals surface area contributed by atoms with Gasteiger partial charge in [-0.05, 0) is 36.8 Å². The Morgan fingerprint density at radius 2 is 2.00 bits per heavy atom. The van der Waals surface area contributed by atoms with Gasteiger partial charge in [0.15, 0.2) is 0 Å². The maximum Gasteiger partial charge on any atom is 0.225 e. The van der Waals surface area contributed by atoms with Crippen LogP contribution in [0, 0.1) is 18.8 Å². The second-order valence-corrected chi connectivity index (χ2v) is 5.06. The zero-order chi connectivity index (χ0) is 11.0. The van der Waals surface area contributed by atoms with Crippen molar-refractivity contribution >= 4 is 11.6 Å². The van der Waals surface area contributed by atoms with Crippen molar-refractivity contribution in [2.75, 3.05) is 0 Å². The van der Waals surface area contributed by atoms with E-state index in [-0.39, 0.29) is 0 Å². The zero-order valence-electron chi connectivity index (χ0n) is 9.57. The highest BCUT2D eigenvalue weighted by Gasteiger charge is 2.30. The molecule has 3 unspecified atom stereocenters. The van der Waals surface area contributed by atoms with Gasteiger partial charge in [-0.1, -0.05) is 26.7 Å². The van der Waals surface area contributed by atoms with Crippen LogP contribution in [-0.2, 0) is 0 Å². The van der Waals surface area contributed by atoms with Crippen LogP contribution in [0.1, 0.15) is 45.0 Å². The molecule has 0 saturated heterocycles. The van der Waals surface area contributed by atoms with Gasteiger partial charge < -0.3 is 0 Å². The van der Waals surface area contributed by atoms with Gasteiger partial charge >= 0.3 is 0 Å². The first-order valence-electron chi connectivity index (χ1n) is 5.68. The van der Waals surface area contributed by atoms with Gasteiger partial charge in [-0.15, -0.1) is 10.2 Å². The molecule has 4 heteroatoms. The molecular weight excluding hydrogens is 210 g/mol. The molecule has 0 radical (unpaired) electrons. The van der Waals surface area contributed by atoms with Crippen LogP contribution in [-0.4, -0.2) is 14.8 Å². The average molecular weight is 228 g/mol. The maximum absolute atomic E-state index is 6.08. The molecule has 0 N–H and O–H groups in total. The van der Waals surface area contributed by atoms with Gasteiger partial charge in [-0.25, -0.2) is 0 Å². The largest absolute Gasteiger partial charge is 0.299 e. The molecule has 1 heterocycles. The third-order valence-corrected chi connectivity index (χ3v) is 4.08. The predicted octanol–water partition coefficient (Wildman–Crippen LogP) is 3.24. The van der Waals surface area contributed by atoms with Crippen LogP contribution in [0.15, 0.2) is 0 Å². The number of aromatic nitrogens is 3. The van der Waals surface area contributed by atoms with Crippen molar-refractivity contribution in [3.8, 4) is 0 Å². The summed E-state index contributed by atoms with van der Waals surface area (Å²) in [6.45, 7) is 6.61. The quantitative estimate of drug-likeness (QED) is 0.738. The van der Waals surface area contributed by atoms with Crippen LogP contribution in [0.25, 0.3) is 0 Å². The van der Waals surface area contributed by atoms with E-state index in [1.807, 2.05) is 6.92 Å². The Bertz CT molecular complexity index is 328. The molecule has 15 heavy (non-hydrogen) atoms. The average Bonchev–Trinajstić information content (AvgIpc) is 2.52. The first-order valence-corrected chi connectivity index (χ1v) is 6.06. The molecule has 1 aromatic heterocycles. The van der Waals surface area contributed by atoms with Crippen molar-refractivity contribution in [2.45, 2.75) is 46.1 Å². The smallest absolute Gasteiger partial charge is 0.225 e. The molecule has 0 spiro atoms. The normalized spacial score (nSPS) is 31.9. The van der Waals surface area contributed by atoms with Gasteiger partial charge in [-0.2, -0.15) is 0 Å². The van der Waals surface area contributed by atoms with E-state index in [0.29, 0.717) is 17.2 Å². The fourth-order valence-corrected chi connectivity index (χ4v) is 2.92. The highest BCUT2D eigenvalue weighted by atomic mass is 35.5. The first-order chi connectivity index (χ1) is 7.11. The lowest BCUT2D eigenvalue weighted by Gasteiger charge is -2.35. The van der Waals surface area contributed by atoms with Gasteiger partial charge in [0.05, 0.1) is 0 Å². The van der Waals surface area contributed by atoms with E-state index < -0.39 is 0 Å². The third-order valence-electron chi connectivity index (χ3n) is 3.82.